The van der Waals surface area contributed by atoms with Crippen molar-refractivity contribution in [2.24, 2.45) is 0 Å². The van der Waals surface area contributed by atoms with Crippen LogP contribution in [0.15, 0.2) is 18.7 Å². The molecule has 106 valence electrons. The highest BCUT2D eigenvalue weighted by Gasteiger charge is 2.15. The van der Waals surface area contributed by atoms with Crippen molar-refractivity contribution in [3.05, 3.63) is 23.6 Å². The molecule has 0 saturated carbocycles. The lowest BCUT2D eigenvalue weighted by Gasteiger charge is -2.19. The van der Waals surface area contributed by atoms with E-state index in [-0.39, 0.29) is 5.91 Å². The highest BCUT2D eigenvalue weighted by atomic mass is 32.1. The second kappa shape index (κ2) is 7.16. The third-order valence-corrected chi connectivity index (χ3v) is 3.88. The minimum Gasteiger partial charge on any atom is -0.397 e. The Morgan fingerprint density at radius 2 is 2.16 bits per heavy atom. The highest BCUT2D eigenvalue weighted by molar-refractivity contribution is 7.18. The van der Waals surface area contributed by atoms with E-state index >= 15 is 0 Å². The van der Waals surface area contributed by atoms with E-state index in [2.05, 4.69) is 21.7 Å². The van der Waals surface area contributed by atoms with E-state index in [4.69, 9.17) is 5.73 Å². The molecule has 0 fully saturated rings. The third-order valence-electron chi connectivity index (χ3n) is 2.62. The maximum absolute atomic E-state index is 11.9. The zero-order valence-electron chi connectivity index (χ0n) is 11.8. The predicted octanol–water partition coefficient (Wildman–Crippen LogP) is 1.24. The number of hydrogen-bond acceptors (Lipinski definition) is 5. The third kappa shape index (κ3) is 4.57. The van der Waals surface area contributed by atoms with Gasteiger partial charge in [-0.05, 0) is 20.2 Å². The zero-order chi connectivity index (χ0) is 14.4. The average molecular weight is 282 g/mol. The van der Waals surface area contributed by atoms with E-state index in [1.165, 1.54) is 11.3 Å². The maximum Gasteiger partial charge on any atom is 0.263 e. The molecular weight excluding hydrogens is 260 g/mol. The molecule has 0 radical (unpaired) electrons. The quantitative estimate of drug-likeness (QED) is 0.739. The number of nitrogens with two attached hydrogens (primary N) is 1. The van der Waals surface area contributed by atoms with Gasteiger partial charge in [0.2, 0.25) is 0 Å². The van der Waals surface area contributed by atoms with Gasteiger partial charge in [0.1, 0.15) is 4.88 Å². The molecule has 1 aromatic heterocycles. The summed E-state index contributed by atoms with van der Waals surface area (Å²) in [4.78, 5) is 16.7. The molecule has 0 aliphatic heterocycles. The van der Waals surface area contributed by atoms with Crippen molar-refractivity contribution in [3.8, 4) is 0 Å². The smallest absolute Gasteiger partial charge is 0.263 e. The summed E-state index contributed by atoms with van der Waals surface area (Å²) in [6.07, 6.45) is 1.64. The van der Waals surface area contributed by atoms with Crippen LogP contribution < -0.4 is 16.0 Å². The zero-order valence-corrected chi connectivity index (χ0v) is 12.6. The lowest BCUT2D eigenvalue weighted by Crippen LogP contribution is -2.27. The van der Waals surface area contributed by atoms with Gasteiger partial charge in [-0.2, -0.15) is 0 Å². The van der Waals surface area contributed by atoms with Crippen LogP contribution in [0.4, 0.5) is 10.7 Å². The molecular formula is C13H22N4OS. The number of anilines is 2. The van der Waals surface area contributed by atoms with Crippen LogP contribution in [-0.4, -0.2) is 51.6 Å². The van der Waals surface area contributed by atoms with E-state index in [1.54, 1.807) is 6.08 Å². The Balaban J connectivity index is 2.72. The monoisotopic (exact) mass is 282 g/mol. The topological polar surface area (TPSA) is 61.6 Å². The Morgan fingerprint density at radius 1 is 1.47 bits per heavy atom. The lowest BCUT2D eigenvalue weighted by molar-refractivity contribution is 0.0963. The molecule has 1 rings (SSSR count). The van der Waals surface area contributed by atoms with Crippen molar-refractivity contribution in [2.45, 2.75) is 0 Å². The molecule has 5 nitrogen and oxygen atoms in total. The number of nitrogens with zero attached hydrogens (tertiary/aromatic N) is 2. The summed E-state index contributed by atoms with van der Waals surface area (Å²) in [5.41, 5.74) is 6.42. The van der Waals surface area contributed by atoms with Crippen LogP contribution in [0.5, 0.6) is 0 Å². The highest BCUT2D eigenvalue weighted by Crippen LogP contribution is 2.31. The number of rotatable bonds is 7. The summed E-state index contributed by atoms with van der Waals surface area (Å²) >= 11 is 1.41. The van der Waals surface area contributed by atoms with E-state index in [0.29, 0.717) is 17.1 Å². The van der Waals surface area contributed by atoms with Crippen LogP contribution in [0.25, 0.3) is 0 Å². The van der Waals surface area contributed by atoms with Gasteiger partial charge in [-0.3, -0.25) is 4.79 Å². The predicted molar refractivity (Wildman–Crippen MR) is 83.1 cm³/mol. The number of likely N-dealkylation sites (N-methyl/N-ethyl adjacent to an activating group) is 2. The molecule has 1 amide bonds. The van der Waals surface area contributed by atoms with Crippen LogP contribution in [0.2, 0.25) is 0 Å². The molecule has 0 saturated heterocycles. The molecule has 0 aliphatic rings. The summed E-state index contributed by atoms with van der Waals surface area (Å²) in [5.74, 6) is -0.144. The van der Waals surface area contributed by atoms with Gasteiger partial charge in [0.15, 0.2) is 0 Å². The molecule has 1 heterocycles. The molecule has 0 bridgehead atoms. The number of hydrogen-bond donors (Lipinski definition) is 2. The summed E-state index contributed by atoms with van der Waals surface area (Å²) in [7, 11) is 6.07. The second-order valence-electron chi connectivity index (χ2n) is 4.59. The Bertz CT molecular complexity index is 442. The second-order valence-corrected chi connectivity index (χ2v) is 5.62. The Morgan fingerprint density at radius 3 is 2.74 bits per heavy atom. The van der Waals surface area contributed by atoms with Gasteiger partial charge in [-0.1, -0.05) is 6.08 Å². The lowest BCUT2D eigenvalue weighted by atomic mass is 10.3. The first-order valence-electron chi connectivity index (χ1n) is 6.10. The molecule has 0 unspecified atom stereocenters. The van der Waals surface area contributed by atoms with Crippen LogP contribution in [-0.2, 0) is 0 Å². The number of carbonyl (C=O) groups is 1. The van der Waals surface area contributed by atoms with Crippen LogP contribution in [0.3, 0.4) is 0 Å². The minimum absolute atomic E-state index is 0.144. The van der Waals surface area contributed by atoms with Crippen molar-refractivity contribution in [1.82, 2.24) is 10.2 Å². The van der Waals surface area contributed by atoms with Gasteiger partial charge in [0.05, 0.1) is 10.7 Å². The first-order chi connectivity index (χ1) is 8.95. The molecule has 0 aliphatic carbocycles. The van der Waals surface area contributed by atoms with E-state index < -0.39 is 0 Å². The summed E-state index contributed by atoms with van der Waals surface area (Å²) < 4.78 is 0. The molecule has 0 aromatic carbocycles. The number of thiophene rings is 1. The number of amides is 1. The Labute approximate surface area is 118 Å². The number of nitrogen functional groups attached to an aromatic ring is 1. The van der Waals surface area contributed by atoms with Gasteiger partial charge in [-0.25, -0.2) is 0 Å². The largest absolute Gasteiger partial charge is 0.397 e. The van der Waals surface area contributed by atoms with E-state index in [0.717, 1.165) is 18.1 Å². The molecule has 19 heavy (non-hydrogen) atoms. The Hall–Kier alpha value is -1.53. The van der Waals surface area contributed by atoms with Crippen molar-refractivity contribution in [3.63, 3.8) is 0 Å². The van der Waals surface area contributed by atoms with Gasteiger partial charge >= 0.3 is 0 Å². The minimum atomic E-state index is -0.144. The molecule has 0 spiro atoms. The fourth-order valence-corrected chi connectivity index (χ4v) is 2.45. The van der Waals surface area contributed by atoms with Gasteiger partial charge in [-0.15, -0.1) is 17.9 Å². The molecule has 6 heteroatoms. The molecule has 3 N–H and O–H groups in total. The fraction of sp³-hybridized carbons (Fsp3) is 0.462. The summed E-state index contributed by atoms with van der Waals surface area (Å²) in [6.45, 7) is 5.85. The van der Waals surface area contributed by atoms with Crippen molar-refractivity contribution >= 4 is 27.9 Å². The first kappa shape index (κ1) is 15.5. The van der Waals surface area contributed by atoms with Crippen LogP contribution in [0.1, 0.15) is 9.67 Å². The van der Waals surface area contributed by atoms with Gasteiger partial charge in [0.25, 0.3) is 5.91 Å². The van der Waals surface area contributed by atoms with Crippen molar-refractivity contribution in [2.75, 3.05) is 51.4 Å². The number of nitrogens with one attached hydrogen (secondary N) is 1. The normalized spacial score (nSPS) is 10.5. The first-order valence-corrected chi connectivity index (χ1v) is 6.91. The summed E-state index contributed by atoms with van der Waals surface area (Å²) in [6, 6.07) is 1.85. The van der Waals surface area contributed by atoms with E-state index in [1.807, 2.05) is 27.2 Å². The number of carbonyl (C=O) groups excluding carboxylic acids is 1. The standard InChI is InChI=1S/C13H22N4OS/c1-5-6-15-13(18)12-10(14)9-11(19-12)17(4)8-7-16(2)3/h5,9H,1,6-8,14H2,2-4H3,(H,15,18). The van der Waals surface area contributed by atoms with Crippen molar-refractivity contribution < 1.29 is 4.79 Å². The summed E-state index contributed by atoms with van der Waals surface area (Å²) in [5, 5.41) is 3.74. The van der Waals surface area contributed by atoms with Gasteiger partial charge in [0, 0.05) is 26.7 Å². The van der Waals surface area contributed by atoms with Crippen molar-refractivity contribution in [1.29, 1.82) is 0 Å². The maximum atomic E-state index is 11.9. The molecule has 1 aromatic rings. The van der Waals surface area contributed by atoms with Crippen LogP contribution in [0, 0.1) is 0 Å². The van der Waals surface area contributed by atoms with E-state index in [9.17, 15) is 4.79 Å². The Kier molecular flexibility index (Phi) is 5.85. The van der Waals surface area contributed by atoms with Gasteiger partial charge < -0.3 is 20.9 Å². The SMILES string of the molecule is C=CCNC(=O)c1sc(N(C)CCN(C)C)cc1N. The van der Waals surface area contributed by atoms with Crippen LogP contribution >= 0.6 is 11.3 Å². The molecule has 0 atom stereocenters. The fourth-order valence-electron chi connectivity index (χ4n) is 1.46. The average Bonchev–Trinajstić information content (AvgIpc) is 2.75.